The van der Waals surface area contributed by atoms with Crippen molar-refractivity contribution in [3.8, 4) is 24.0 Å². The highest BCUT2D eigenvalue weighted by Crippen LogP contribution is 2.69. The molecule has 160 valence electrons. The summed E-state index contributed by atoms with van der Waals surface area (Å²) in [5, 5.41) is 40.1. The van der Waals surface area contributed by atoms with Crippen molar-refractivity contribution in [2.75, 3.05) is 7.11 Å². The van der Waals surface area contributed by atoms with Gasteiger partial charge in [-0.15, -0.1) is 0 Å². The average Bonchev–Trinajstić information content (AvgIpc) is 2.98. The zero-order valence-electron chi connectivity index (χ0n) is 17.0. The molecule has 9 heteroatoms. The zero-order chi connectivity index (χ0) is 23.3. The maximum Gasteiger partial charge on any atom is 0.218 e. The molecule has 0 radical (unpaired) electrons. The second-order valence-corrected chi connectivity index (χ2v) is 8.53. The zero-order valence-corrected chi connectivity index (χ0v) is 18.5. The second-order valence-electron chi connectivity index (χ2n) is 7.75. The van der Waals surface area contributed by atoms with Crippen LogP contribution in [0.1, 0.15) is 30.1 Å². The Bertz CT molecular complexity index is 1230. The summed E-state index contributed by atoms with van der Waals surface area (Å²) in [7, 11) is 1.52. The number of ether oxygens (including phenoxy) is 3. The molecule has 1 N–H and O–H groups in total. The normalized spacial score (nSPS) is 29.8. The maximum atomic E-state index is 10.5. The van der Waals surface area contributed by atoms with E-state index < -0.39 is 34.5 Å². The summed E-state index contributed by atoms with van der Waals surface area (Å²) in [6.07, 6.45) is -1.30. The molecule has 0 saturated carbocycles. The van der Waals surface area contributed by atoms with E-state index in [1.807, 2.05) is 12.1 Å². The van der Waals surface area contributed by atoms with Crippen LogP contribution < -0.4 is 4.74 Å². The van der Waals surface area contributed by atoms with Gasteiger partial charge in [-0.2, -0.15) is 15.8 Å². The fraction of sp³-hybridized carbons (Fsp3) is 0.304. The molecular weight excluding hydrogens is 451 g/mol. The smallest absolute Gasteiger partial charge is 0.218 e. The first kappa shape index (κ1) is 21.9. The highest BCUT2D eigenvalue weighted by Gasteiger charge is 2.79. The first-order chi connectivity index (χ1) is 15.2. The second kappa shape index (κ2) is 7.40. The van der Waals surface area contributed by atoms with Crippen molar-refractivity contribution in [2.45, 2.75) is 24.7 Å². The van der Waals surface area contributed by atoms with Crippen LogP contribution >= 0.6 is 23.2 Å². The van der Waals surface area contributed by atoms with Crippen molar-refractivity contribution >= 4 is 29.1 Å². The van der Waals surface area contributed by atoms with E-state index >= 15 is 0 Å². The Labute approximate surface area is 194 Å². The van der Waals surface area contributed by atoms with E-state index in [-0.39, 0.29) is 15.6 Å². The molecule has 0 spiro atoms. The summed E-state index contributed by atoms with van der Waals surface area (Å²) < 4.78 is 17.3. The fourth-order valence-corrected chi connectivity index (χ4v) is 5.19. The van der Waals surface area contributed by atoms with Crippen LogP contribution in [0.5, 0.6) is 5.75 Å². The molecule has 0 amide bonds. The lowest BCUT2D eigenvalue weighted by Crippen LogP contribution is -2.57. The Balaban J connectivity index is 2.03. The Morgan fingerprint density at radius 3 is 2.25 bits per heavy atom. The SMILES string of the molecule is COc1ccc(C2C3(C)OC(=N)C2(C#N)C(C#N)(C#N)C(c2cccc(Cl)c2Cl)O3)cc1. The van der Waals surface area contributed by atoms with Crippen molar-refractivity contribution in [3.05, 3.63) is 63.6 Å². The molecule has 2 heterocycles. The number of nitriles is 3. The molecule has 4 atom stereocenters. The number of halogens is 2. The summed E-state index contributed by atoms with van der Waals surface area (Å²) in [5.41, 5.74) is -3.32. The van der Waals surface area contributed by atoms with Crippen LogP contribution in [0, 0.1) is 50.2 Å². The van der Waals surface area contributed by atoms with Gasteiger partial charge in [-0.05, 0) is 23.8 Å². The Morgan fingerprint density at radius 1 is 1.03 bits per heavy atom. The van der Waals surface area contributed by atoms with E-state index in [9.17, 15) is 15.8 Å². The number of nitrogens with one attached hydrogen (secondary N) is 1. The largest absolute Gasteiger partial charge is 0.497 e. The van der Waals surface area contributed by atoms with Crippen molar-refractivity contribution in [2.24, 2.45) is 10.8 Å². The first-order valence-electron chi connectivity index (χ1n) is 9.52. The summed E-state index contributed by atoms with van der Waals surface area (Å²) in [6.45, 7) is 1.58. The lowest BCUT2D eigenvalue weighted by Gasteiger charge is -2.49. The van der Waals surface area contributed by atoms with E-state index in [2.05, 4.69) is 6.07 Å². The Hall–Kier alpha value is -3.28. The van der Waals surface area contributed by atoms with Crippen LogP contribution in [0.3, 0.4) is 0 Å². The molecule has 7 nitrogen and oxygen atoms in total. The molecule has 2 fully saturated rings. The number of nitrogens with zero attached hydrogens (tertiary/aromatic N) is 3. The number of rotatable bonds is 3. The van der Waals surface area contributed by atoms with E-state index in [1.54, 1.807) is 49.4 Å². The van der Waals surface area contributed by atoms with Crippen molar-refractivity contribution < 1.29 is 14.2 Å². The highest BCUT2D eigenvalue weighted by molar-refractivity contribution is 6.42. The monoisotopic (exact) mass is 466 g/mol. The lowest BCUT2D eigenvalue weighted by atomic mass is 9.52. The molecule has 4 unspecified atom stereocenters. The van der Waals surface area contributed by atoms with Crippen LogP contribution in [0.25, 0.3) is 0 Å². The minimum atomic E-state index is -2.16. The summed E-state index contributed by atoms with van der Waals surface area (Å²) in [4.78, 5) is 0. The van der Waals surface area contributed by atoms with Crippen LogP contribution in [0.15, 0.2) is 42.5 Å². The minimum Gasteiger partial charge on any atom is -0.497 e. The van der Waals surface area contributed by atoms with Gasteiger partial charge < -0.3 is 14.2 Å². The van der Waals surface area contributed by atoms with Crippen molar-refractivity contribution in [1.29, 1.82) is 21.2 Å². The molecule has 2 aliphatic rings. The summed E-state index contributed by atoms with van der Waals surface area (Å²) in [6, 6.07) is 17.6. The van der Waals surface area contributed by atoms with Gasteiger partial charge in [-0.1, -0.05) is 47.5 Å². The van der Waals surface area contributed by atoms with E-state index in [0.29, 0.717) is 11.3 Å². The quantitative estimate of drug-likeness (QED) is 0.668. The predicted octanol–water partition coefficient (Wildman–Crippen LogP) is 5.12. The van der Waals surface area contributed by atoms with Gasteiger partial charge in [0.05, 0.1) is 41.3 Å². The topological polar surface area (TPSA) is 123 Å². The van der Waals surface area contributed by atoms with Crippen LogP contribution in [0.4, 0.5) is 0 Å². The molecular formula is C23H16Cl2N4O3. The van der Waals surface area contributed by atoms with E-state index in [1.165, 1.54) is 7.11 Å². The number of methoxy groups -OCH3 is 1. The molecule has 0 aromatic heterocycles. The van der Waals surface area contributed by atoms with Crippen molar-refractivity contribution in [1.82, 2.24) is 0 Å². The molecule has 2 aromatic carbocycles. The molecule has 0 aliphatic carbocycles. The third-order valence-electron chi connectivity index (χ3n) is 6.23. The molecule has 4 rings (SSSR count). The molecule has 32 heavy (non-hydrogen) atoms. The van der Waals surface area contributed by atoms with Gasteiger partial charge >= 0.3 is 0 Å². The Kier molecular flexibility index (Phi) is 5.07. The molecule has 2 saturated heterocycles. The van der Waals surface area contributed by atoms with Crippen molar-refractivity contribution in [3.63, 3.8) is 0 Å². The van der Waals surface area contributed by atoms with Crippen LogP contribution in [-0.4, -0.2) is 18.8 Å². The predicted molar refractivity (Wildman–Crippen MR) is 115 cm³/mol. The Morgan fingerprint density at radius 2 is 1.69 bits per heavy atom. The van der Waals surface area contributed by atoms with Crippen LogP contribution in [-0.2, 0) is 9.47 Å². The highest BCUT2D eigenvalue weighted by atomic mass is 35.5. The number of hydrogen-bond donors (Lipinski definition) is 1. The standard InChI is InChI=1S/C23H16Cl2N4O3/c1-21-18(13-6-8-14(30-2)9-7-13)23(12-28,20(29)32-21)22(10-26,11-27)19(31-21)15-4-3-5-16(24)17(15)25/h3-9,18-19,29H,1-2H3. The van der Waals surface area contributed by atoms with Gasteiger partial charge in [0.1, 0.15) is 11.9 Å². The average molecular weight is 467 g/mol. The van der Waals surface area contributed by atoms with Gasteiger partial charge in [0.2, 0.25) is 17.1 Å². The number of hydrogen-bond acceptors (Lipinski definition) is 7. The number of benzene rings is 2. The first-order valence-corrected chi connectivity index (χ1v) is 10.3. The third kappa shape index (κ3) is 2.58. The fourth-order valence-electron chi connectivity index (χ4n) is 4.79. The van der Waals surface area contributed by atoms with Gasteiger partial charge in [0.15, 0.2) is 5.41 Å². The minimum absolute atomic E-state index is 0.0968. The molecule has 2 bridgehead atoms. The summed E-state index contributed by atoms with van der Waals surface area (Å²) >= 11 is 12.6. The maximum absolute atomic E-state index is 10.5. The molecule has 2 aromatic rings. The third-order valence-corrected chi connectivity index (χ3v) is 7.06. The van der Waals surface area contributed by atoms with Gasteiger partial charge in [0.25, 0.3) is 0 Å². The van der Waals surface area contributed by atoms with Gasteiger partial charge in [-0.25, -0.2) is 0 Å². The summed E-state index contributed by atoms with van der Waals surface area (Å²) in [5.74, 6) is -2.41. The number of fused-ring (bicyclic) bond motifs is 2. The van der Waals surface area contributed by atoms with Gasteiger partial charge in [-0.3, -0.25) is 5.41 Å². The van der Waals surface area contributed by atoms with Crippen LogP contribution in [0.2, 0.25) is 10.0 Å². The van der Waals surface area contributed by atoms with E-state index in [4.69, 9.17) is 42.8 Å². The van der Waals surface area contributed by atoms with Gasteiger partial charge in [0, 0.05) is 12.5 Å². The molecule has 2 aliphatic heterocycles. The lowest BCUT2D eigenvalue weighted by molar-refractivity contribution is -0.253. The van der Waals surface area contributed by atoms with E-state index in [0.717, 1.165) is 0 Å².